The highest BCUT2D eigenvalue weighted by molar-refractivity contribution is 7.87. The van der Waals surface area contributed by atoms with Crippen LogP contribution in [-0.4, -0.2) is 49.9 Å². The predicted octanol–water partition coefficient (Wildman–Crippen LogP) is 12.0. The molecule has 1 amide bonds. The number of phenolic OH excluding ortho intramolecular Hbond substituents is 1. The van der Waals surface area contributed by atoms with Crippen molar-refractivity contribution in [2.45, 2.75) is 42.4 Å². The Hall–Kier alpha value is -8.00. The molecule has 352 valence electrons. The molecule has 7 N–H and O–H groups in total. The van der Waals surface area contributed by atoms with Gasteiger partial charge in [-0.1, -0.05) is 0 Å². The summed E-state index contributed by atoms with van der Waals surface area (Å²) in [7, 11) is -14.6. The molecular weight excluding hydrogens is 953 g/mol. The number of nitrogen functional groups attached to an aromatic ring is 1. The molecule has 7 rings (SSSR count). The second-order valence-electron chi connectivity index (χ2n) is 15.3. The molecule has 0 heterocycles. The number of phenols is 1. The van der Waals surface area contributed by atoms with Crippen LogP contribution in [0.5, 0.6) is 5.75 Å². The van der Waals surface area contributed by atoms with E-state index in [0.29, 0.717) is 68.1 Å². The van der Waals surface area contributed by atoms with E-state index in [1.165, 1.54) is 18.2 Å². The van der Waals surface area contributed by atoms with Crippen molar-refractivity contribution in [2.75, 3.05) is 11.1 Å². The molecule has 21 nitrogen and oxygen atoms in total. The average Bonchev–Trinajstić information content (AvgIpc) is 3.27. The zero-order valence-electron chi connectivity index (χ0n) is 36.5. The van der Waals surface area contributed by atoms with E-state index in [0.717, 1.165) is 23.8 Å². The number of aromatic hydroxyl groups is 1. The quantitative estimate of drug-likeness (QED) is 0.0357. The van der Waals surface area contributed by atoms with Crippen molar-refractivity contribution in [3.05, 3.63) is 143 Å². The van der Waals surface area contributed by atoms with Crippen molar-refractivity contribution in [1.82, 2.24) is 0 Å². The maximum atomic E-state index is 12.8. The Morgan fingerprint density at radius 1 is 0.493 bits per heavy atom. The monoisotopic (exact) mass is 990 g/mol. The number of nitrogens with one attached hydrogen (secondary N) is 1. The normalized spacial score (nSPS) is 12.6. The van der Waals surface area contributed by atoms with Crippen LogP contribution in [0.3, 0.4) is 0 Å². The number of fused-ring (bicyclic) bond motifs is 1. The molecule has 69 heavy (non-hydrogen) atoms. The van der Waals surface area contributed by atoms with Crippen LogP contribution in [0.1, 0.15) is 32.6 Å². The van der Waals surface area contributed by atoms with Gasteiger partial charge in [0.2, 0.25) is 0 Å². The Labute approximate surface area is 394 Å². The maximum absolute atomic E-state index is 12.8. The van der Waals surface area contributed by atoms with Crippen LogP contribution >= 0.6 is 0 Å². The predicted molar refractivity (Wildman–Crippen MR) is 255 cm³/mol. The van der Waals surface area contributed by atoms with Crippen molar-refractivity contribution in [3.8, 4) is 5.75 Å². The second-order valence-corrected chi connectivity index (χ2v) is 19.5. The van der Waals surface area contributed by atoms with Crippen molar-refractivity contribution in [2.24, 2.45) is 40.9 Å². The molecular formula is C45H38N10O11S3. The number of amides is 1. The van der Waals surface area contributed by atoms with Crippen LogP contribution in [0.2, 0.25) is 0 Å². The molecule has 0 atom stereocenters. The number of nitrogens with zero attached hydrogens (tertiary/aromatic N) is 8. The van der Waals surface area contributed by atoms with E-state index in [9.17, 15) is 48.8 Å². The third-order valence-corrected chi connectivity index (χ3v) is 12.8. The zero-order valence-corrected chi connectivity index (χ0v) is 38.9. The molecule has 0 aliphatic rings. The summed E-state index contributed by atoms with van der Waals surface area (Å²) >= 11 is 0. The molecule has 0 aliphatic heterocycles. The Morgan fingerprint density at radius 3 is 1.52 bits per heavy atom. The Bertz CT molecular complexity index is 3710. The number of hydrogen-bond donors (Lipinski definition) is 6. The molecule has 7 aromatic carbocycles. The summed E-state index contributed by atoms with van der Waals surface area (Å²) in [5, 5.41) is 47.9. The first-order valence-electron chi connectivity index (χ1n) is 20.0. The maximum Gasteiger partial charge on any atom is 0.296 e. The Balaban J connectivity index is 1.04. The van der Waals surface area contributed by atoms with Gasteiger partial charge in [-0.25, -0.2) is 0 Å². The molecule has 0 saturated carbocycles. The fraction of sp³-hybridized carbons (Fsp3) is 0.0889. The van der Waals surface area contributed by atoms with Gasteiger partial charge in [0.25, 0.3) is 36.3 Å². The molecule has 0 aromatic heterocycles. The lowest BCUT2D eigenvalue weighted by atomic mass is 10.1. The number of carbonyl (C=O) groups excluding carboxylic acids is 1. The summed E-state index contributed by atoms with van der Waals surface area (Å²) in [6.45, 7) is 6.98. The minimum Gasteiger partial charge on any atom is -0.505 e. The smallest absolute Gasteiger partial charge is 0.296 e. The molecule has 0 saturated heterocycles. The van der Waals surface area contributed by atoms with Crippen molar-refractivity contribution < 1.29 is 48.8 Å². The van der Waals surface area contributed by atoms with Crippen LogP contribution in [-0.2, 0) is 30.4 Å². The Morgan fingerprint density at radius 2 is 0.986 bits per heavy atom. The first kappa shape index (κ1) is 48.9. The largest absolute Gasteiger partial charge is 0.505 e. The number of hydrogen-bond acceptors (Lipinski definition) is 17. The standard InChI is InChI=1S/C45H38N10O11S3/c1-24-17-33(10-14-36(24)50-48-32-11-15-37(25(2)18-32)51-52-38-16-12-34(67(58,59)60)23-41(38)68(61,62)63)49-53-39-19-27(4)40(20-26(39)3)54-55-43-42(69(64,65)66)22-29-21-31(9-13-35(29)44(43)56)47-45(57)28-5-7-30(46)8-6-28/h5-23,56H,46H2,1-4H3,(H,47,57)(H,58,59,60)(H,61,62,63)(H,64,65,66). The summed E-state index contributed by atoms with van der Waals surface area (Å²) in [5.41, 5.74) is 11.0. The van der Waals surface area contributed by atoms with Gasteiger partial charge in [-0.3, -0.25) is 18.5 Å². The number of nitrogens with two attached hydrogens (primary N) is 1. The first-order chi connectivity index (χ1) is 32.4. The minimum absolute atomic E-state index is 0.178. The van der Waals surface area contributed by atoms with Crippen LogP contribution < -0.4 is 11.1 Å². The van der Waals surface area contributed by atoms with Gasteiger partial charge < -0.3 is 16.2 Å². The molecule has 0 fully saturated rings. The van der Waals surface area contributed by atoms with Gasteiger partial charge in [-0.15, -0.1) is 10.2 Å². The third kappa shape index (κ3) is 11.6. The summed E-state index contributed by atoms with van der Waals surface area (Å²) in [6, 6.07) is 27.5. The zero-order chi connectivity index (χ0) is 50.0. The number of carbonyl (C=O) groups is 1. The number of aryl methyl sites for hydroxylation is 4. The van der Waals surface area contributed by atoms with Gasteiger partial charge in [0.1, 0.15) is 21.2 Å². The lowest BCUT2D eigenvalue weighted by molar-refractivity contribution is 0.102. The highest BCUT2D eigenvalue weighted by Crippen LogP contribution is 2.43. The molecule has 0 radical (unpaired) electrons. The van der Waals surface area contributed by atoms with Gasteiger partial charge in [0.15, 0.2) is 5.75 Å². The summed E-state index contributed by atoms with van der Waals surface area (Å²) in [5.74, 6) is -1.02. The van der Waals surface area contributed by atoms with E-state index in [1.807, 2.05) is 6.92 Å². The van der Waals surface area contributed by atoms with Crippen molar-refractivity contribution in [3.63, 3.8) is 0 Å². The molecule has 7 aromatic rings. The summed E-state index contributed by atoms with van der Waals surface area (Å²) in [4.78, 5) is 10.4. The van der Waals surface area contributed by atoms with Gasteiger partial charge in [-0.05, 0) is 171 Å². The van der Waals surface area contributed by atoms with Gasteiger partial charge in [0, 0.05) is 22.3 Å². The topological polar surface area (TPSA) is 337 Å². The van der Waals surface area contributed by atoms with E-state index in [2.05, 4.69) is 46.2 Å². The summed E-state index contributed by atoms with van der Waals surface area (Å²) < 4.78 is 101. The lowest BCUT2D eigenvalue weighted by Crippen LogP contribution is -2.11. The van der Waals surface area contributed by atoms with Gasteiger partial charge in [-0.2, -0.15) is 55.9 Å². The second kappa shape index (κ2) is 19.3. The first-order valence-corrected chi connectivity index (χ1v) is 24.3. The lowest BCUT2D eigenvalue weighted by Gasteiger charge is -2.11. The molecule has 0 spiro atoms. The van der Waals surface area contributed by atoms with Gasteiger partial charge in [0.05, 0.1) is 39.0 Å². The van der Waals surface area contributed by atoms with E-state index in [4.69, 9.17) is 5.73 Å². The van der Waals surface area contributed by atoms with Crippen LogP contribution in [0.4, 0.5) is 56.9 Å². The SMILES string of the molecule is Cc1cc(N=Nc2cc(C)c(N=Nc3c(S(=O)(=O)O)cc4cc(NC(=O)c5ccc(N)cc5)ccc4c3O)cc2C)ccc1N=Nc1ccc(N=Nc2ccc(S(=O)(=O)O)cc2S(=O)(=O)O)c(C)c1. The number of rotatable bonds is 13. The van der Waals surface area contributed by atoms with Crippen LogP contribution in [0, 0.1) is 27.7 Å². The van der Waals surface area contributed by atoms with Crippen LogP contribution in [0.25, 0.3) is 10.8 Å². The van der Waals surface area contributed by atoms with E-state index >= 15 is 0 Å². The number of azo groups is 4. The molecule has 0 aliphatic carbocycles. The highest BCUT2D eigenvalue weighted by atomic mass is 32.2. The average molecular weight is 991 g/mol. The number of benzene rings is 7. The summed E-state index contributed by atoms with van der Waals surface area (Å²) in [6.07, 6.45) is 0. The Kier molecular flexibility index (Phi) is 13.7. The fourth-order valence-corrected chi connectivity index (χ4v) is 8.46. The number of anilines is 2. The minimum atomic E-state index is -4.93. The molecule has 24 heteroatoms. The third-order valence-electron chi connectivity index (χ3n) is 10.2. The highest BCUT2D eigenvalue weighted by Gasteiger charge is 2.24. The molecule has 0 unspecified atom stereocenters. The van der Waals surface area contributed by atoms with E-state index in [1.54, 1.807) is 93.6 Å². The van der Waals surface area contributed by atoms with E-state index in [-0.39, 0.29) is 22.1 Å². The van der Waals surface area contributed by atoms with Crippen molar-refractivity contribution >= 4 is 104 Å². The van der Waals surface area contributed by atoms with E-state index < -0.39 is 62.4 Å². The molecule has 0 bridgehead atoms. The van der Waals surface area contributed by atoms with Gasteiger partial charge >= 0.3 is 0 Å². The van der Waals surface area contributed by atoms with Crippen molar-refractivity contribution in [1.29, 1.82) is 0 Å². The fourth-order valence-electron chi connectivity index (χ4n) is 6.57. The van der Waals surface area contributed by atoms with Crippen LogP contribution in [0.15, 0.2) is 171 Å².